The van der Waals surface area contributed by atoms with Crippen molar-refractivity contribution < 1.29 is 15.1 Å². The molecule has 0 bridgehead atoms. The van der Waals surface area contributed by atoms with Crippen molar-refractivity contribution in [3.63, 3.8) is 0 Å². The number of aliphatic hydroxyl groups excluding tert-OH is 1. The summed E-state index contributed by atoms with van der Waals surface area (Å²) in [5, 5.41) is 23.5. The van der Waals surface area contributed by atoms with Gasteiger partial charge in [-0.2, -0.15) is 0 Å². The van der Waals surface area contributed by atoms with Gasteiger partial charge in [-0.05, 0) is 37.2 Å². The Kier molecular flexibility index (Phi) is 6.47. The molecule has 1 aliphatic heterocycles. The lowest BCUT2D eigenvalue weighted by atomic mass is 10.1. The molecule has 126 valence electrons. The zero-order valence-electron chi connectivity index (χ0n) is 14.0. The van der Waals surface area contributed by atoms with E-state index in [4.69, 9.17) is 4.84 Å². The standard InChI is InChI=1S/C18H26N2O3/c1-3-5-11-20(12-6-4-2)13-15-8-7-14-9-10-16(21)19-23-18(14)17(15)22/h7-10,22H,3-6,11-13H2,1-2H3,(H,19,21). The zero-order valence-corrected chi connectivity index (χ0v) is 14.0. The highest BCUT2D eigenvalue weighted by Gasteiger charge is 2.17. The minimum Gasteiger partial charge on any atom is -0.504 e. The van der Waals surface area contributed by atoms with E-state index < -0.39 is 0 Å². The summed E-state index contributed by atoms with van der Waals surface area (Å²) in [4.78, 5) is 7.55. The molecule has 0 fully saturated rings. The molecule has 0 saturated heterocycles. The van der Waals surface area contributed by atoms with Gasteiger partial charge in [0.1, 0.15) is 0 Å². The molecule has 1 heterocycles. The van der Waals surface area contributed by atoms with Crippen LogP contribution in [-0.4, -0.2) is 34.1 Å². The van der Waals surface area contributed by atoms with Gasteiger partial charge in [-0.15, -0.1) is 0 Å². The molecule has 5 nitrogen and oxygen atoms in total. The molecule has 0 saturated carbocycles. The van der Waals surface area contributed by atoms with E-state index in [9.17, 15) is 10.2 Å². The molecule has 0 aliphatic carbocycles. The summed E-state index contributed by atoms with van der Waals surface area (Å²) in [5.41, 5.74) is 1.52. The molecule has 0 amide bonds. The monoisotopic (exact) mass is 318 g/mol. The number of aliphatic hydroxyl groups is 1. The summed E-state index contributed by atoms with van der Waals surface area (Å²) in [6, 6.07) is 3.79. The lowest BCUT2D eigenvalue weighted by Crippen LogP contribution is -2.25. The van der Waals surface area contributed by atoms with E-state index in [-0.39, 0.29) is 11.6 Å². The summed E-state index contributed by atoms with van der Waals surface area (Å²) in [5.74, 6) is 0.187. The maximum Gasteiger partial charge on any atom is 0.248 e. The fourth-order valence-electron chi connectivity index (χ4n) is 2.54. The van der Waals surface area contributed by atoms with Crippen LogP contribution in [0.3, 0.4) is 0 Å². The van der Waals surface area contributed by atoms with E-state index >= 15 is 0 Å². The van der Waals surface area contributed by atoms with Crippen LogP contribution in [0, 0.1) is 0 Å². The van der Waals surface area contributed by atoms with Gasteiger partial charge < -0.3 is 15.1 Å². The number of aromatic hydroxyl groups is 1. The van der Waals surface area contributed by atoms with Crippen molar-refractivity contribution in [3.05, 3.63) is 29.3 Å². The zero-order chi connectivity index (χ0) is 16.7. The average Bonchev–Trinajstić information content (AvgIpc) is 2.74. The quantitative estimate of drug-likeness (QED) is 0.758. The maximum atomic E-state index is 10.5. The van der Waals surface area contributed by atoms with Gasteiger partial charge in [0.2, 0.25) is 11.6 Å². The molecule has 23 heavy (non-hydrogen) atoms. The number of rotatable bonds is 8. The van der Waals surface area contributed by atoms with E-state index in [1.54, 1.807) is 6.08 Å². The Hall–Kier alpha value is -2.01. The van der Waals surface area contributed by atoms with Crippen LogP contribution < -0.4 is 4.84 Å². The number of oxime groups is 1. The Morgan fingerprint density at radius 2 is 1.74 bits per heavy atom. The molecule has 1 aromatic rings. The van der Waals surface area contributed by atoms with Gasteiger partial charge in [0.25, 0.3) is 0 Å². The molecule has 0 aromatic heterocycles. The molecular formula is C18H26N2O3. The number of phenolic OH excluding ortho intramolecular Hbond substituents is 1. The summed E-state index contributed by atoms with van der Waals surface area (Å²) in [7, 11) is 0. The molecule has 0 unspecified atom stereocenters. The first kappa shape index (κ1) is 17.3. The number of phenols is 1. The van der Waals surface area contributed by atoms with Crippen LogP contribution in [0.25, 0.3) is 6.08 Å². The topological polar surface area (TPSA) is 65.3 Å². The average molecular weight is 318 g/mol. The van der Waals surface area contributed by atoms with Gasteiger partial charge in [0.05, 0.1) is 0 Å². The molecule has 2 rings (SSSR count). The van der Waals surface area contributed by atoms with Crippen molar-refractivity contribution in [3.8, 4) is 11.5 Å². The van der Waals surface area contributed by atoms with Gasteiger partial charge in [0, 0.05) is 23.7 Å². The molecule has 2 N–H and O–H groups in total. The lowest BCUT2D eigenvalue weighted by Gasteiger charge is -2.23. The van der Waals surface area contributed by atoms with Crippen LogP contribution >= 0.6 is 0 Å². The van der Waals surface area contributed by atoms with Gasteiger partial charge in [0.15, 0.2) is 5.75 Å². The van der Waals surface area contributed by atoms with E-state index in [0.29, 0.717) is 17.9 Å². The molecule has 1 aliphatic rings. The predicted octanol–water partition coefficient (Wildman–Crippen LogP) is 4.07. The SMILES string of the molecule is CCCCN(CCCC)Cc1ccc2c(c1O)ON=C(O)C=C2. The third-order valence-corrected chi connectivity index (χ3v) is 3.94. The van der Waals surface area contributed by atoms with Crippen LogP contribution in [0.4, 0.5) is 0 Å². The summed E-state index contributed by atoms with van der Waals surface area (Å²) < 4.78 is 0. The van der Waals surface area contributed by atoms with Gasteiger partial charge in [-0.3, -0.25) is 4.90 Å². The van der Waals surface area contributed by atoms with Crippen molar-refractivity contribution in [2.45, 2.75) is 46.1 Å². The smallest absolute Gasteiger partial charge is 0.248 e. The normalized spacial score (nSPS) is 13.4. The van der Waals surface area contributed by atoms with Crippen LogP contribution in [0.2, 0.25) is 0 Å². The fourth-order valence-corrected chi connectivity index (χ4v) is 2.54. The number of benzene rings is 1. The Balaban J connectivity index is 2.17. The minimum atomic E-state index is -0.213. The van der Waals surface area contributed by atoms with Crippen LogP contribution in [0.1, 0.15) is 50.7 Å². The van der Waals surface area contributed by atoms with Crippen molar-refractivity contribution in [1.29, 1.82) is 0 Å². The number of unbranched alkanes of at least 4 members (excludes halogenated alkanes) is 2. The highest BCUT2D eigenvalue weighted by atomic mass is 16.6. The molecule has 1 aromatic carbocycles. The van der Waals surface area contributed by atoms with Crippen LogP contribution in [0.15, 0.2) is 23.4 Å². The maximum absolute atomic E-state index is 10.5. The van der Waals surface area contributed by atoms with E-state index in [0.717, 1.165) is 44.3 Å². The first-order valence-electron chi connectivity index (χ1n) is 8.35. The fraction of sp³-hybridized carbons (Fsp3) is 0.500. The van der Waals surface area contributed by atoms with E-state index in [1.165, 1.54) is 6.08 Å². The van der Waals surface area contributed by atoms with Gasteiger partial charge in [-0.25, -0.2) is 0 Å². The minimum absolute atomic E-state index is 0.101. The van der Waals surface area contributed by atoms with Crippen molar-refractivity contribution >= 4 is 12.0 Å². The van der Waals surface area contributed by atoms with Gasteiger partial charge in [-0.1, -0.05) is 38.8 Å². The first-order chi connectivity index (χ1) is 11.2. The third-order valence-electron chi connectivity index (χ3n) is 3.94. The molecule has 5 heteroatoms. The van der Waals surface area contributed by atoms with Crippen LogP contribution in [0.5, 0.6) is 11.5 Å². The molecule has 0 atom stereocenters. The highest BCUT2D eigenvalue weighted by Crippen LogP contribution is 2.36. The van der Waals surface area contributed by atoms with Crippen molar-refractivity contribution in [2.75, 3.05) is 13.1 Å². The number of nitrogens with zero attached hydrogens (tertiary/aromatic N) is 2. The second kappa shape index (κ2) is 8.58. The Bertz CT molecular complexity index is 574. The Morgan fingerprint density at radius 1 is 1.04 bits per heavy atom. The largest absolute Gasteiger partial charge is 0.504 e. The summed E-state index contributed by atoms with van der Waals surface area (Å²) in [6.07, 6.45) is 7.72. The second-order valence-corrected chi connectivity index (χ2v) is 5.85. The molecule has 0 radical (unpaired) electrons. The number of hydrogen-bond acceptors (Lipinski definition) is 4. The van der Waals surface area contributed by atoms with Crippen molar-refractivity contribution in [1.82, 2.24) is 4.90 Å². The molecular weight excluding hydrogens is 292 g/mol. The first-order valence-corrected chi connectivity index (χ1v) is 8.35. The summed E-state index contributed by atoms with van der Waals surface area (Å²) in [6.45, 7) is 7.09. The van der Waals surface area contributed by atoms with Gasteiger partial charge >= 0.3 is 0 Å². The summed E-state index contributed by atoms with van der Waals surface area (Å²) >= 11 is 0. The Morgan fingerprint density at radius 3 is 2.39 bits per heavy atom. The molecule has 0 spiro atoms. The number of fused-ring (bicyclic) bond motifs is 1. The van der Waals surface area contributed by atoms with E-state index in [1.807, 2.05) is 12.1 Å². The third kappa shape index (κ3) is 4.73. The highest BCUT2D eigenvalue weighted by molar-refractivity contribution is 5.91. The predicted molar refractivity (Wildman–Crippen MR) is 92.9 cm³/mol. The van der Waals surface area contributed by atoms with E-state index in [2.05, 4.69) is 23.9 Å². The second-order valence-electron chi connectivity index (χ2n) is 5.85. The van der Waals surface area contributed by atoms with Crippen LogP contribution in [-0.2, 0) is 6.54 Å². The number of hydrogen-bond donors (Lipinski definition) is 2. The lowest BCUT2D eigenvalue weighted by molar-refractivity contribution is 0.250. The van der Waals surface area contributed by atoms with Crippen molar-refractivity contribution in [2.24, 2.45) is 5.16 Å². The Labute approximate surface area is 137 Å².